The van der Waals surface area contributed by atoms with E-state index < -0.39 is 11.9 Å². The van der Waals surface area contributed by atoms with Gasteiger partial charge in [0, 0.05) is 11.5 Å². The van der Waals surface area contributed by atoms with Gasteiger partial charge in [-0.15, -0.1) is 0 Å². The van der Waals surface area contributed by atoms with Gasteiger partial charge in [0.15, 0.2) is 24.5 Å². The van der Waals surface area contributed by atoms with Gasteiger partial charge in [-0.05, 0) is 19.1 Å². The smallest absolute Gasteiger partial charge is 0.362 e. The summed E-state index contributed by atoms with van der Waals surface area (Å²) < 4.78 is 14.8. The highest BCUT2D eigenvalue weighted by Crippen LogP contribution is 2.25. The Morgan fingerprint density at radius 2 is 2.09 bits per heavy atom. The van der Waals surface area contributed by atoms with E-state index >= 15 is 0 Å². The van der Waals surface area contributed by atoms with Crippen molar-refractivity contribution < 1.29 is 28.6 Å². The molecule has 0 saturated heterocycles. The number of hydrogen-bond donors (Lipinski definition) is 0. The second kappa shape index (κ2) is 7.72. The zero-order valence-corrected chi connectivity index (χ0v) is 12.3. The number of hydrogen-bond acceptors (Lipinski definition) is 7. The van der Waals surface area contributed by atoms with Crippen molar-refractivity contribution in [3.05, 3.63) is 42.3 Å². The third-order valence-corrected chi connectivity index (χ3v) is 2.75. The minimum absolute atomic E-state index is 0.0611. The molecule has 23 heavy (non-hydrogen) atoms. The number of carbonyl (C=O) groups is 2. The van der Waals surface area contributed by atoms with Crippen LogP contribution in [-0.2, 0) is 19.1 Å². The monoisotopic (exact) mass is 315 g/mol. The number of benzene rings is 1. The van der Waals surface area contributed by atoms with E-state index in [0.717, 1.165) is 0 Å². The number of carbonyl (C=O) groups excluding carboxylic acids is 3. The number of fused-ring (bicyclic) bond motifs is 1. The number of nitrogens with zero attached hydrogens (tertiary/aromatic N) is 1. The van der Waals surface area contributed by atoms with Gasteiger partial charge in [-0.2, -0.15) is 0 Å². The molecule has 0 atom stereocenters. The van der Waals surface area contributed by atoms with Crippen molar-refractivity contribution in [2.45, 2.75) is 6.92 Å². The van der Waals surface area contributed by atoms with Gasteiger partial charge in [0.05, 0.1) is 12.1 Å². The average Bonchev–Trinajstić information content (AvgIpc) is 2.57. The average molecular weight is 315 g/mol. The molecule has 7 heteroatoms. The van der Waals surface area contributed by atoms with Crippen molar-refractivity contribution in [3.63, 3.8) is 0 Å². The van der Waals surface area contributed by atoms with Crippen LogP contribution in [0, 0.1) is 0 Å². The topological polar surface area (TPSA) is 91.8 Å². The molecule has 7 nitrogen and oxygen atoms in total. The summed E-state index contributed by atoms with van der Waals surface area (Å²) in [7, 11) is 0. The largest absolute Gasteiger partial charge is 0.481 e. The van der Waals surface area contributed by atoms with Gasteiger partial charge in [0.1, 0.15) is 5.75 Å². The molecule has 0 bridgehead atoms. The maximum Gasteiger partial charge on any atom is 0.362 e. The lowest BCUT2D eigenvalue weighted by Gasteiger charge is -2.10. The number of para-hydroxylation sites is 1. The van der Waals surface area contributed by atoms with Crippen LogP contribution in [0.1, 0.15) is 17.4 Å². The van der Waals surface area contributed by atoms with E-state index in [9.17, 15) is 14.4 Å². The van der Waals surface area contributed by atoms with Crippen molar-refractivity contribution >= 4 is 28.8 Å². The van der Waals surface area contributed by atoms with Crippen LogP contribution < -0.4 is 4.74 Å². The SMILES string of the molecule is CCOC(=O)COc1cc(C(=O)OC=C=O)nc2ccccc12. The molecule has 0 amide bonds. The highest BCUT2D eigenvalue weighted by atomic mass is 16.6. The van der Waals surface area contributed by atoms with Crippen LogP contribution in [0.5, 0.6) is 5.75 Å². The zero-order chi connectivity index (χ0) is 16.7. The Morgan fingerprint density at radius 1 is 1.30 bits per heavy atom. The Balaban J connectivity index is 2.34. The quantitative estimate of drug-likeness (QED) is 0.455. The molecular weight excluding hydrogens is 302 g/mol. The molecule has 0 spiro atoms. The first-order chi connectivity index (χ1) is 11.2. The fourth-order valence-electron chi connectivity index (χ4n) is 1.84. The third kappa shape index (κ3) is 4.15. The lowest BCUT2D eigenvalue weighted by atomic mass is 10.2. The van der Waals surface area contributed by atoms with E-state index in [1.54, 1.807) is 31.2 Å². The Hall–Kier alpha value is -3.18. The fourth-order valence-corrected chi connectivity index (χ4v) is 1.84. The fraction of sp³-hybridized carbons (Fsp3) is 0.188. The summed E-state index contributed by atoms with van der Waals surface area (Å²) >= 11 is 0. The predicted molar refractivity (Wildman–Crippen MR) is 79.6 cm³/mol. The van der Waals surface area contributed by atoms with Gasteiger partial charge in [-0.3, -0.25) is 0 Å². The second-order valence-electron chi connectivity index (χ2n) is 4.26. The van der Waals surface area contributed by atoms with Gasteiger partial charge in [0.25, 0.3) is 0 Å². The molecule has 1 aromatic carbocycles. The molecule has 0 aliphatic rings. The molecule has 1 aromatic heterocycles. The van der Waals surface area contributed by atoms with Crippen molar-refractivity contribution in [1.82, 2.24) is 4.98 Å². The van der Waals surface area contributed by atoms with E-state index in [0.29, 0.717) is 17.2 Å². The van der Waals surface area contributed by atoms with Crippen molar-refractivity contribution in [2.75, 3.05) is 13.2 Å². The molecule has 118 valence electrons. The summed E-state index contributed by atoms with van der Waals surface area (Å²) in [6, 6.07) is 8.27. The summed E-state index contributed by atoms with van der Waals surface area (Å²) in [6.45, 7) is 1.63. The van der Waals surface area contributed by atoms with E-state index in [1.807, 2.05) is 0 Å². The lowest BCUT2D eigenvalue weighted by molar-refractivity contribution is -0.145. The van der Waals surface area contributed by atoms with Crippen LogP contribution in [0.25, 0.3) is 10.9 Å². The number of esters is 2. The van der Waals surface area contributed by atoms with Crippen molar-refractivity contribution in [1.29, 1.82) is 0 Å². The molecule has 0 aliphatic carbocycles. The summed E-state index contributed by atoms with van der Waals surface area (Å²) in [5, 5.41) is 0.624. The molecule has 2 rings (SSSR count). The van der Waals surface area contributed by atoms with E-state index in [1.165, 1.54) is 12.0 Å². The Kier molecular flexibility index (Phi) is 5.44. The summed E-state index contributed by atoms with van der Waals surface area (Å²) in [5.41, 5.74) is 0.421. The minimum Gasteiger partial charge on any atom is -0.481 e. The first kappa shape index (κ1) is 16.2. The standard InChI is InChI=1S/C16H13NO6/c1-2-21-15(19)10-23-14-9-13(16(20)22-8-7-18)17-12-6-4-3-5-11(12)14/h3-6,8-9H,2,10H2,1H3. The number of ether oxygens (including phenoxy) is 3. The van der Waals surface area contributed by atoms with E-state index in [-0.39, 0.29) is 24.7 Å². The van der Waals surface area contributed by atoms with Gasteiger partial charge in [-0.25, -0.2) is 19.4 Å². The molecule has 0 saturated carbocycles. The molecule has 0 fully saturated rings. The van der Waals surface area contributed by atoms with Crippen LogP contribution in [0.4, 0.5) is 0 Å². The predicted octanol–water partition coefficient (Wildman–Crippen LogP) is 1.68. The van der Waals surface area contributed by atoms with Crippen molar-refractivity contribution in [3.8, 4) is 5.75 Å². The lowest BCUT2D eigenvalue weighted by Crippen LogP contribution is -2.15. The zero-order valence-electron chi connectivity index (χ0n) is 12.3. The summed E-state index contributed by atoms with van der Waals surface area (Å²) in [4.78, 5) is 37.4. The van der Waals surface area contributed by atoms with Crippen LogP contribution in [0.3, 0.4) is 0 Å². The molecular formula is C16H13NO6. The summed E-state index contributed by atoms with van der Waals surface area (Å²) in [6.07, 6.45) is 0.596. The van der Waals surface area contributed by atoms with Crippen LogP contribution in [0.15, 0.2) is 36.6 Å². The molecule has 2 aromatic rings. The second-order valence-corrected chi connectivity index (χ2v) is 4.26. The molecule has 1 heterocycles. The third-order valence-electron chi connectivity index (χ3n) is 2.75. The van der Waals surface area contributed by atoms with E-state index in [4.69, 9.17) is 9.47 Å². The first-order valence-electron chi connectivity index (χ1n) is 6.74. The Morgan fingerprint density at radius 3 is 2.83 bits per heavy atom. The van der Waals surface area contributed by atoms with Gasteiger partial charge < -0.3 is 14.2 Å². The van der Waals surface area contributed by atoms with Gasteiger partial charge in [-0.1, -0.05) is 12.1 Å². The maximum atomic E-state index is 11.8. The normalized spacial score (nSPS) is 9.78. The Labute approximate surface area is 131 Å². The maximum absolute atomic E-state index is 11.8. The van der Waals surface area contributed by atoms with Crippen LogP contribution in [0.2, 0.25) is 0 Å². The summed E-state index contributed by atoms with van der Waals surface area (Å²) in [5.74, 6) is 0.259. The number of aromatic nitrogens is 1. The van der Waals surface area contributed by atoms with Crippen LogP contribution in [-0.4, -0.2) is 36.1 Å². The van der Waals surface area contributed by atoms with Gasteiger partial charge >= 0.3 is 11.9 Å². The van der Waals surface area contributed by atoms with Crippen LogP contribution >= 0.6 is 0 Å². The number of pyridine rings is 1. The van der Waals surface area contributed by atoms with E-state index in [2.05, 4.69) is 9.72 Å². The van der Waals surface area contributed by atoms with Crippen molar-refractivity contribution in [2.24, 2.45) is 0 Å². The highest BCUT2D eigenvalue weighted by Gasteiger charge is 2.15. The molecule has 0 N–H and O–H groups in total. The molecule has 0 aliphatic heterocycles. The Bertz CT molecular complexity index is 779. The van der Waals surface area contributed by atoms with Gasteiger partial charge in [0.2, 0.25) is 0 Å². The highest BCUT2D eigenvalue weighted by molar-refractivity contribution is 5.94. The molecule has 0 radical (unpaired) electrons. The molecule has 0 unspecified atom stereocenters. The minimum atomic E-state index is -0.833. The first-order valence-corrected chi connectivity index (χ1v) is 6.74. The number of rotatable bonds is 6.